The number of hydrogen-bond acceptors (Lipinski definition) is 1. The minimum Gasteiger partial charge on any atom is -0.294 e. The van der Waals surface area contributed by atoms with Crippen molar-refractivity contribution in [3.05, 3.63) is 23.3 Å². The van der Waals surface area contributed by atoms with Crippen molar-refractivity contribution in [2.45, 2.75) is 196 Å². The van der Waals surface area contributed by atoms with Crippen LogP contribution >= 0.6 is 0 Å². The minimum atomic E-state index is 0.248. The fraction of sp³-hybridized carbons (Fsp3) is 0.913. The van der Waals surface area contributed by atoms with Crippen LogP contribution in [0.3, 0.4) is 0 Å². The Hall–Kier alpha value is -0.560. The van der Waals surface area contributed by atoms with Crippen LogP contribution in [0.5, 0.6) is 0 Å². The molecule has 0 aromatic rings. The smallest absolute Gasteiger partial charge is 0.0321 e. The Morgan fingerprint density at radius 3 is 1.83 bits per heavy atom. The molecule has 5 fully saturated rings. The van der Waals surface area contributed by atoms with E-state index in [4.69, 9.17) is 0 Å². The van der Waals surface area contributed by atoms with E-state index in [9.17, 15) is 0 Å². The fourth-order valence-corrected chi connectivity index (χ4v) is 14.5. The summed E-state index contributed by atoms with van der Waals surface area (Å²) in [5, 5.41) is 0. The first-order valence-electron chi connectivity index (χ1n) is 21.2. The van der Waals surface area contributed by atoms with Crippen LogP contribution in [0.2, 0.25) is 0 Å². The van der Waals surface area contributed by atoms with E-state index in [-0.39, 0.29) is 11.1 Å². The Labute approximate surface area is 294 Å². The number of hydrogen-bond donors (Lipinski definition) is 0. The summed E-state index contributed by atoms with van der Waals surface area (Å²) < 4.78 is 0. The molecule has 6 aliphatic rings. The number of nitrogens with zero attached hydrogens (tertiary/aromatic N) is 1. The van der Waals surface area contributed by atoms with Gasteiger partial charge < -0.3 is 0 Å². The predicted molar refractivity (Wildman–Crippen MR) is 204 cm³/mol. The zero-order valence-corrected chi connectivity index (χ0v) is 33.4. The van der Waals surface area contributed by atoms with E-state index in [1.54, 1.807) is 11.1 Å². The maximum Gasteiger partial charge on any atom is 0.0321 e. The van der Waals surface area contributed by atoms with E-state index >= 15 is 0 Å². The molecule has 6 rings (SSSR count). The lowest BCUT2D eigenvalue weighted by Crippen LogP contribution is -2.74. The molecule has 0 amide bonds. The Balaban J connectivity index is 1.38. The van der Waals surface area contributed by atoms with Crippen molar-refractivity contribution >= 4 is 0 Å². The third kappa shape index (κ3) is 6.11. The van der Waals surface area contributed by atoms with Crippen molar-refractivity contribution < 1.29 is 0 Å². The lowest BCUT2D eigenvalue weighted by Gasteiger charge is -2.70. The fourth-order valence-electron chi connectivity index (χ4n) is 14.5. The highest BCUT2D eigenvalue weighted by Crippen LogP contribution is 2.66. The number of allylic oxidation sites excluding steroid dienone is 4. The zero-order chi connectivity index (χ0) is 34.0. The second-order valence-corrected chi connectivity index (χ2v) is 21.0. The van der Waals surface area contributed by atoms with Gasteiger partial charge in [0.25, 0.3) is 0 Å². The molecular formula is C46H79N. The standard InChI is InChI=1S/C46H79N/c1-32-33(2)35(4)46(36(5)34(32)3,43(9)22-15-13-12-14-16-23-43)47(11)44(10)24-17-18-25-45(27-26-44)30-39-28-37-20-19-21-38(37)29-40(39)41(45)31-42(6,7)8/h28-29,32-36,39-41H,12-27,30-31H2,1-11H3. The second kappa shape index (κ2) is 13.2. The van der Waals surface area contributed by atoms with Gasteiger partial charge in [-0.3, -0.25) is 4.90 Å². The number of rotatable bonds is 4. The lowest BCUT2D eigenvalue weighted by molar-refractivity contribution is -0.201. The molecule has 9 unspecified atom stereocenters. The van der Waals surface area contributed by atoms with Crippen molar-refractivity contribution in [3.8, 4) is 0 Å². The third-order valence-corrected chi connectivity index (χ3v) is 17.5. The van der Waals surface area contributed by atoms with Crippen LogP contribution in [0, 0.1) is 63.6 Å². The van der Waals surface area contributed by atoms with Crippen molar-refractivity contribution in [1.29, 1.82) is 0 Å². The summed E-state index contributed by atoms with van der Waals surface area (Å²) in [6.07, 6.45) is 31.3. The molecule has 0 saturated heterocycles. The Kier molecular flexibility index (Phi) is 10.2. The van der Waals surface area contributed by atoms with E-state index < -0.39 is 0 Å². The highest BCUT2D eigenvalue weighted by atomic mass is 15.3. The minimum absolute atomic E-state index is 0.248. The van der Waals surface area contributed by atoms with Gasteiger partial charge in [0, 0.05) is 11.1 Å². The quantitative estimate of drug-likeness (QED) is 0.294. The summed E-state index contributed by atoms with van der Waals surface area (Å²) in [5.41, 5.74) is 5.28. The molecule has 0 heterocycles. The molecule has 1 spiro atoms. The van der Waals surface area contributed by atoms with E-state index in [0.717, 1.165) is 47.3 Å². The highest BCUT2D eigenvalue weighted by Gasteiger charge is 2.64. The van der Waals surface area contributed by atoms with Gasteiger partial charge >= 0.3 is 0 Å². The van der Waals surface area contributed by atoms with Gasteiger partial charge in [0.2, 0.25) is 0 Å². The van der Waals surface area contributed by atoms with Crippen molar-refractivity contribution in [3.63, 3.8) is 0 Å². The first kappa shape index (κ1) is 36.2. The van der Waals surface area contributed by atoms with Gasteiger partial charge in [0.1, 0.15) is 0 Å². The van der Waals surface area contributed by atoms with Crippen LogP contribution in [0.15, 0.2) is 23.3 Å². The summed E-state index contributed by atoms with van der Waals surface area (Å²) in [6, 6.07) is 0. The average molecular weight is 646 g/mol. The summed E-state index contributed by atoms with van der Waals surface area (Å²) in [7, 11) is 2.69. The summed E-state index contributed by atoms with van der Waals surface area (Å²) >= 11 is 0. The largest absolute Gasteiger partial charge is 0.294 e. The first-order valence-corrected chi connectivity index (χ1v) is 21.2. The van der Waals surface area contributed by atoms with Crippen LogP contribution in [0.4, 0.5) is 0 Å². The molecule has 1 heteroatoms. The molecule has 47 heavy (non-hydrogen) atoms. The van der Waals surface area contributed by atoms with Crippen LogP contribution < -0.4 is 0 Å². The topological polar surface area (TPSA) is 3.24 Å². The molecule has 0 aromatic carbocycles. The maximum absolute atomic E-state index is 3.20. The molecule has 0 radical (unpaired) electrons. The number of fused-ring (bicyclic) bond motifs is 2. The summed E-state index contributed by atoms with van der Waals surface area (Å²) in [5.74, 6) is 6.20. The van der Waals surface area contributed by atoms with Crippen molar-refractivity contribution in [2.75, 3.05) is 7.05 Å². The first-order chi connectivity index (χ1) is 22.1. The molecule has 5 saturated carbocycles. The Morgan fingerprint density at radius 1 is 0.660 bits per heavy atom. The lowest BCUT2D eigenvalue weighted by atomic mass is 9.44. The predicted octanol–water partition coefficient (Wildman–Crippen LogP) is 13.4. The SMILES string of the molecule is CC1C(C)C(C)C(N(C)C2(C)CCCCC3(CC2)CC2C=C4CCCC4=CC2C3CC(C)(C)C)(C2(C)CCCCCCC2)C(C)C1C. The van der Waals surface area contributed by atoms with Gasteiger partial charge in [-0.1, -0.05) is 119 Å². The van der Waals surface area contributed by atoms with E-state index in [2.05, 4.69) is 93.3 Å². The monoisotopic (exact) mass is 646 g/mol. The Morgan fingerprint density at radius 2 is 1.21 bits per heavy atom. The highest BCUT2D eigenvalue weighted by molar-refractivity contribution is 5.40. The second-order valence-electron chi connectivity index (χ2n) is 21.0. The molecule has 268 valence electrons. The van der Waals surface area contributed by atoms with Crippen molar-refractivity contribution in [2.24, 2.45) is 63.6 Å². The molecule has 0 aromatic heterocycles. The van der Waals surface area contributed by atoms with E-state index in [1.807, 2.05) is 0 Å². The summed E-state index contributed by atoms with van der Waals surface area (Å²) in [6.45, 7) is 26.6. The van der Waals surface area contributed by atoms with Gasteiger partial charge in [-0.15, -0.1) is 0 Å². The normalized spacial score (nSPS) is 46.1. The van der Waals surface area contributed by atoms with Crippen LogP contribution in [-0.2, 0) is 0 Å². The van der Waals surface area contributed by atoms with E-state index in [1.165, 1.54) is 116 Å². The molecule has 9 atom stereocenters. The molecule has 6 aliphatic carbocycles. The summed E-state index contributed by atoms with van der Waals surface area (Å²) in [4.78, 5) is 3.20. The van der Waals surface area contributed by atoms with Crippen LogP contribution in [-0.4, -0.2) is 23.0 Å². The van der Waals surface area contributed by atoms with Crippen molar-refractivity contribution in [1.82, 2.24) is 4.90 Å². The Bertz CT molecular complexity index is 1140. The molecule has 0 bridgehead atoms. The van der Waals surface area contributed by atoms with Gasteiger partial charge in [0.05, 0.1) is 0 Å². The molecular weight excluding hydrogens is 567 g/mol. The third-order valence-electron chi connectivity index (χ3n) is 17.5. The van der Waals surface area contributed by atoms with Gasteiger partial charge in [-0.05, 0) is 159 Å². The molecule has 0 N–H and O–H groups in total. The maximum atomic E-state index is 3.20. The zero-order valence-electron chi connectivity index (χ0n) is 33.4. The average Bonchev–Trinajstić information content (AvgIpc) is 3.57. The van der Waals surface area contributed by atoms with E-state index in [0.29, 0.717) is 16.2 Å². The van der Waals surface area contributed by atoms with Gasteiger partial charge in [-0.2, -0.15) is 0 Å². The van der Waals surface area contributed by atoms with Gasteiger partial charge in [0.15, 0.2) is 0 Å². The van der Waals surface area contributed by atoms with Gasteiger partial charge in [-0.25, -0.2) is 0 Å². The molecule has 1 nitrogen and oxygen atoms in total. The van der Waals surface area contributed by atoms with Crippen LogP contribution in [0.25, 0.3) is 0 Å². The molecule has 0 aliphatic heterocycles. The van der Waals surface area contributed by atoms with Crippen LogP contribution in [0.1, 0.15) is 185 Å².